The summed E-state index contributed by atoms with van der Waals surface area (Å²) in [7, 11) is -2.90. The van der Waals surface area contributed by atoms with Crippen molar-refractivity contribution >= 4 is 50.2 Å². The Hall–Kier alpha value is -1.31. The molecular formula is C14H13NO4S2Se. The summed E-state index contributed by atoms with van der Waals surface area (Å²) in [6.45, 7) is 0. The molecule has 0 unspecified atom stereocenters. The maximum atomic E-state index is 12.3. The molecule has 1 amide bonds. The molecule has 0 aromatic heterocycles. The molecule has 0 radical (unpaired) electrons. The van der Waals surface area contributed by atoms with E-state index in [0.29, 0.717) is 11.3 Å². The standard InChI is InChI=1S/C14H13NO4S2Se/c16-14(15-11-6-2-1-3-7-11)12-8-4-5-9-13(12)22-20-10-21(17,18)19/h1-9H,10H2,(H,15,16)(H,17,18,19). The molecule has 2 rings (SSSR count). The van der Waals surface area contributed by atoms with Crippen LogP contribution in [-0.2, 0) is 10.1 Å². The zero-order valence-corrected chi connectivity index (χ0v) is 14.6. The Bertz CT molecular complexity index is 750. The van der Waals surface area contributed by atoms with Crippen LogP contribution in [0.1, 0.15) is 10.4 Å². The normalized spacial score (nSPS) is 11.1. The molecule has 5 nitrogen and oxygen atoms in total. The third kappa shape index (κ3) is 5.47. The van der Waals surface area contributed by atoms with Crippen molar-refractivity contribution in [1.29, 1.82) is 0 Å². The van der Waals surface area contributed by atoms with E-state index in [9.17, 15) is 13.2 Å². The molecule has 2 N–H and O–H groups in total. The molecule has 2 aromatic carbocycles. The van der Waals surface area contributed by atoms with E-state index >= 15 is 0 Å². The van der Waals surface area contributed by atoms with E-state index in [1.807, 2.05) is 18.2 Å². The van der Waals surface area contributed by atoms with Gasteiger partial charge in [0.2, 0.25) is 0 Å². The molecule has 8 heteroatoms. The number of nitrogens with one attached hydrogen (secondary N) is 1. The first kappa shape index (κ1) is 17.0. The molecule has 0 atom stereocenters. The van der Waals surface area contributed by atoms with Gasteiger partial charge in [-0.25, -0.2) is 0 Å². The van der Waals surface area contributed by atoms with E-state index in [-0.39, 0.29) is 24.8 Å². The molecule has 116 valence electrons. The number of hydrogen-bond acceptors (Lipinski definition) is 4. The number of amides is 1. The van der Waals surface area contributed by atoms with Gasteiger partial charge in [0.05, 0.1) is 0 Å². The van der Waals surface area contributed by atoms with Crippen LogP contribution in [0.3, 0.4) is 0 Å². The zero-order chi connectivity index (χ0) is 16.0. The summed E-state index contributed by atoms with van der Waals surface area (Å²) in [6.07, 6.45) is 0. The second kappa shape index (κ2) is 7.80. The Morgan fingerprint density at radius 2 is 1.73 bits per heavy atom. The van der Waals surface area contributed by atoms with E-state index in [4.69, 9.17) is 4.55 Å². The van der Waals surface area contributed by atoms with Crippen molar-refractivity contribution in [3.63, 3.8) is 0 Å². The summed E-state index contributed by atoms with van der Waals surface area (Å²) in [5.41, 5.74) is 1.20. The molecule has 0 aliphatic rings. The van der Waals surface area contributed by atoms with Crippen LogP contribution in [0.4, 0.5) is 5.69 Å². The van der Waals surface area contributed by atoms with Gasteiger partial charge in [-0.05, 0) is 0 Å². The first-order valence-electron chi connectivity index (χ1n) is 6.16. The Morgan fingerprint density at radius 1 is 1.09 bits per heavy atom. The van der Waals surface area contributed by atoms with Crippen LogP contribution >= 0.6 is 10.2 Å². The SMILES string of the molecule is O=C(Nc1ccccc1)c1ccccc1[Se]SCS(=O)(=O)O. The van der Waals surface area contributed by atoms with Crippen LogP contribution in [0.5, 0.6) is 0 Å². The molecule has 0 heterocycles. The fourth-order valence-corrected chi connectivity index (χ4v) is 7.97. The Balaban J connectivity index is 2.09. The van der Waals surface area contributed by atoms with Gasteiger partial charge in [0.25, 0.3) is 0 Å². The number of rotatable bonds is 6. The van der Waals surface area contributed by atoms with Gasteiger partial charge in [0, 0.05) is 0 Å². The Labute approximate surface area is 138 Å². The predicted molar refractivity (Wildman–Crippen MR) is 90.2 cm³/mol. The molecule has 0 fully saturated rings. The molecule has 0 saturated carbocycles. The van der Waals surface area contributed by atoms with E-state index in [2.05, 4.69) is 5.32 Å². The van der Waals surface area contributed by atoms with Crippen LogP contribution in [0.25, 0.3) is 0 Å². The maximum absolute atomic E-state index is 12.3. The van der Waals surface area contributed by atoms with Gasteiger partial charge in [0.15, 0.2) is 0 Å². The molecular weight excluding hydrogens is 389 g/mol. The van der Waals surface area contributed by atoms with Gasteiger partial charge in [0.1, 0.15) is 0 Å². The third-order valence-electron chi connectivity index (χ3n) is 2.51. The summed E-state index contributed by atoms with van der Waals surface area (Å²) in [6, 6.07) is 16.1. The first-order valence-corrected chi connectivity index (χ1v) is 11.6. The van der Waals surface area contributed by atoms with Gasteiger partial charge in [-0.15, -0.1) is 0 Å². The van der Waals surface area contributed by atoms with Gasteiger partial charge in [-0.3, -0.25) is 0 Å². The van der Waals surface area contributed by atoms with Crippen LogP contribution in [-0.4, -0.2) is 37.8 Å². The van der Waals surface area contributed by atoms with Crippen LogP contribution < -0.4 is 9.78 Å². The predicted octanol–water partition coefficient (Wildman–Crippen LogP) is 1.76. The number of para-hydroxylation sites is 1. The number of carbonyl (C=O) groups excluding carboxylic acids is 1. The topological polar surface area (TPSA) is 83.5 Å². The van der Waals surface area contributed by atoms with E-state index in [1.54, 1.807) is 36.4 Å². The van der Waals surface area contributed by atoms with E-state index < -0.39 is 10.1 Å². The molecule has 0 spiro atoms. The van der Waals surface area contributed by atoms with Crippen molar-refractivity contribution in [1.82, 2.24) is 0 Å². The van der Waals surface area contributed by atoms with Gasteiger partial charge in [-0.1, -0.05) is 0 Å². The quantitative estimate of drug-likeness (QED) is 0.568. The van der Waals surface area contributed by atoms with Crippen molar-refractivity contribution in [3.05, 3.63) is 60.2 Å². The number of carbonyl (C=O) groups is 1. The second-order valence-corrected chi connectivity index (χ2v) is 10.2. The van der Waals surface area contributed by atoms with Crippen LogP contribution in [0.15, 0.2) is 54.6 Å². The summed E-state index contributed by atoms with van der Waals surface area (Å²) in [5.74, 6) is -0.240. The minimum atomic E-state index is -4.00. The molecule has 22 heavy (non-hydrogen) atoms. The molecule has 0 saturated heterocycles. The third-order valence-corrected chi connectivity index (χ3v) is 8.82. The van der Waals surface area contributed by atoms with Crippen molar-refractivity contribution in [2.75, 3.05) is 10.4 Å². The Morgan fingerprint density at radius 3 is 2.41 bits per heavy atom. The molecule has 0 aliphatic heterocycles. The number of hydrogen-bond donors (Lipinski definition) is 2. The van der Waals surface area contributed by atoms with Crippen LogP contribution in [0, 0.1) is 0 Å². The van der Waals surface area contributed by atoms with Gasteiger partial charge < -0.3 is 0 Å². The monoisotopic (exact) mass is 403 g/mol. The fourth-order valence-electron chi connectivity index (χ4n) is 1.60. The second-order valence-electron chi connectivity index (χ2n) is 4.22. The van der Waals surface area contributed by atoms with E-state index in [0.717, 1.165) is 14.6 Å². The summed E-state index contributed by atoms with van der Waals surface area (Å²) >= 11 is -0.291. The van der Waals surface area contributed by atoms with E-state index in [1.165, 1.54) is 0 Å². The van der Waals surface area contributed by atoms with Crippen molar-refractivity contribution < 1.29 is 17.8 Å². The van der Waals surface area contributed by atoms with Gasteiger partial charge >= 0.3 is 139 Å². The van der Waals surface area contributed by atoms with Crippen molar-refractivity contribution in [2.24, 2.45) is 0 Å². The average molecular weight is 402 g/mol. The van der Waals surface area contributed by atoms with Crippen molar-refractivity contribution in [2.45, 2.75) is 0 Å². The zero-order valence-electron chi connectivity index (χ0n) is 11.3. The number of benzene rings is 2. The summed E-state index contributed by atoms with van der Waals surface area (Å²) in [5, 5.41) is 2.43. The fraction of sp³-hybridized carbons (Fsp3) is 0.0714. The van der Waals surface area contributed by atoms with Crippen LogP contribution in [0.2, 0.25) is 0 Å². The molecule has 0 aliphatic carbocycles. The summed E-state index contributed by atoms with van der Waals surface area (Å²) < 4.78 is 31.0. The molecule has 0 bridgehead atoms. The molecule has 2 aromatic rings. The Kier molecular flexibility index (Phi) is 6.05. The summed E-state index contributed by atoms with van der Waals surface area (Å²) in [4.78, 5) is 12.3. The van der Waals surface area contributed by atoms with Crippen molar-refractivity contribution in [3.8, 4) is 0 Å². The minimum absolute atomic E-state index is 0.240. The number of anilines is 1. The average Bonchev–Trinajstić information content (AvgIpc) is 2.47. The van der Waals surface area contributed by atoms with Gasteiger partial charge in [-0.2, -0.15) is 0 Å². The first-order chi connectivity index (χ1) is 10.5.